The third-order valence-electron chi connectivity index (χ3n) is 5.34. The minimum absolute atomic E-state index is 0.545. The fraction of sp³-hybridized carbons (Fsp3) is 0.474. The molecule has 0 radical (unpaired) electrons. The number of aryl methyl sites for hydroxylation is 3. The van der Waals surface area contributed by atoms with Gasteiger partial charge < -0.3 is 9.09 Å². The maximum absolute atomic E-state index is 5.29. The quantitative estimate of drug-likeness (QED) is 0.739. The van der Waals surface area contributed by atoms with E-state index in [-0.39, 0.29) is 0 Å². The number of likely N-dealkylation sites (tertiary alicyclic amines) is 1. The van der Waals surface area contributed by atoms with Gasteiger partial charge in [-0.1, -0.05) is 17.3 Å². The van der Waals surface area contributed by atoms with Crippen LogP contribution in [0, 0.1) is 13.8 Å². The zero-order chi connectivity index (χ0) is 16.7. The Balaban J connectivity index is 1.47. The molecule has 0 bridgehead atoms. The molecule has 0 saturated carbocycles. The summed E-state index contributed by atoms with van der Waals surface area (Å²) < 4.78 is 7.55. The van der Waals surface area contributed by atoms with E-state index in [1.54, 1.807) is 0 Å². The predicted octanol–water partition coefficient (Wildman–Crippen LogP) is 3.56. The van der Waals surface area contributed by atoms with Crippen LogP contribution < -0.4 is 0 Å². The van der Waals surface area contributed by atoms with E-state index < -0.39 is 0 Å². The van der Waals surface area contributed by atoms with Gasteiger partial charge in [-0.15, -0.1) is 0 Å². The Hall–Kier alpha value is -2.14. The second kappa shape index (κ2) is 6.06. The van der Waals surface area contributed by atoms with Gasteiger partial charge in [0.25, 0.3) is 0 Å². The molecule has 0 N–H and O–H groups in total. The van der Waals surface area contributed by atoms with E-state index >= 15 is 0 Å². The molecule has 1 aliphatic heterocycles. The molecule has 1 aliphatic rings. The first kappa shape index (κ1) is 15.4. The molecule has 126 valence electrons. The number of para-hydroxylation sites is 2. The number of imidazole rings is 1. The highest BCUT2D eigenvalue weighted by atomic mass is 16.5. The molecule has 1 aromatic carbocycles. The van der Waals surface area contributed by atoms with E-state index in [4.69, 9.17) is 9.51 Å². The first-order chi connectivity index (χ1) is 11.6. The fourth-order valence-corrected chi connectivity index (χ4v) is 3.83. The van der Waals surface area contributed by atoms with Gasteiger partial charge >= 0.3 is 0 Å². The van der Waals surface area contributed by atoms with Crippen molar-refractivity contribution in [3.63, 3.8) is 0 Å². The summed E-state index contributed by atoms with van der Waals surface area (Å²) in [6, 6.07) is 8.40. The van der Waals surface area contributed by atoms with Crippen molar-refractivity contribution in [2.24, 2.45) is 7.05 Å². The van der Waals surface area contributed by atoms with Gasteiger partial charge in [0.05, 0.1) is 16.7 Å². The Morgan fingerprint density at radius 2 is 1.92 bits per heavy atom. The van der Waals surface area contributed by atoms with Crippen molar-refractivity contribution in [3.8, 4) is 0 Å². The molecule has 3 aromatic rings. The van der Waals surface area contributed by atoms with Gasteiger partial charge in [0.2, 0.25) is 0 Å². The number of aromatic nitrogens is 3. The Bertz CT molecular complexity index is 836. The third kappa shape index (κ3) is 2.63. The first-order valence-electron chi connectivity index (χ1n) is 8.69. The summed E-state index contributed by atoms with van der Waals surface area (Å²) in [6.45, 7) is 7.16. The standard InChI is InChI=1S/C19H24N4O/c1-13-16(14(2)24-21-13)12-23-10-8-15(9-11-23)19-20-17-6-4-5-7-18(17)22(19)3/h4-7,15H,8-12H2,1-3H3. The van der Waals surface area contributed by atoms with Crippen LogP contribution in [0.25, 0.3) is 11.0 Å². The molecule has 0 amide bonds. The first-order valence-corrected chi connectivity index (χ1v) is 8.69. The van der Waals surface area contributed by atoms with Crippen molar-refractivity contribution < 1.29 is 4.52 Å². The Morgan fingerprint density at radius 3 is 2.58 bits per heavy atom. The number of nitrogens with zero attached hydrogens (tertiary/aromatic N) is 4. The molecular formula is C19H24N4O. The van der Waals surface area contributed by atoms with Crippen LogP contribution in [-0.2, 0) is 13.6 Å². The molecule has 0 unspecified atom stereocenters. The summed E-state index contributed by atoms with van der Waals surface area (Å²) in [7, 11) is 2.14. The summed E-state index contributed by atoms with van der Waals surface area (Å²) in [4.78, 5) is 7.39. The Morgan fingerprint density at radius 1 is 1.17 bits per heavy atom. The van der Waals surface area contributed by atoms with Gasteiger partial charge in [0, 0.05) is 25.1 Å². The van der Waals surface area contributed by atoms with Crippen LogP contribution in [0.5, 0.6) is 0 Å². The topological polar surface area (TPSA) is 47.1 Å². The Kier molecular flexibility index (Phi) is 3.88. The van der Waals surface area contributed by atoms with Crippen molar-refractivity contribution >= 4 is 11.0 Å². The monoisotopic (exact) mass is 324 g/mol. The summed E-state index contributed by atoms with van der Waals surface area (Å²) in [5.74, 6) is 2.72. The van der Waals surface area contributed by atoms with Crippen molar-refractivity contribution in [2.45, 2.75) is 39.2 Å². The van der Waals surface area contributed by atoms with Crippen molar-refractivity contribution in [1.29, 1.82) is 0 Å². The van der Waals surface area contributed by atoms with E-state index in [1.807, 2.05) is 13.8 Å². The molecule has 0 aliphatic carbocycles. The highest BCUT2D eigenvalue weighted by molar-refractivity contribution is 5.75. The maximum Gasteiger partial charge on any atom is 0.138 e. The molecule has 0 spiro atoms. The van der Waals surface area contributed by atoms with E-state index in [0.29, 0.717) is 5.92 Å². The third-order valence-corrected chi connectivity index (χ3v) is 5.34. The smallest absolute Gasteiger partial charge is 0.138 e. The molecule has 24 heavy (non-hydrogen) atoms. The second-order valence-electron chi connectivity index (χ2n) is 6.87. The van der Waals surface area contributed by atoms with Crippen molar-refractivity contribution in [1.82, 2.24) is 19.6 Å². The number of hydrogen-bond acceptors (Lipinski definition) is 4. The maximum atomic E-state index is 5.29. The van der Waals surface area contributed by atoms with Gasteiger partial charge in [-0.25, -0.2) is 4.98 Å². The summed E-state index contributed by atoms with van der Waals surface area (Å²) in [6.07, 6.45) is 2.31. The molecule has 3 heterocycles. The van der Waals surface area contributed by atoms with Crippen LogP contribution in [0.1, 0.15) is 41.6 Å². The van der Waals surface area contributed by atoms with Gasteiger partial charge in [0.15, 0.2) is 0 Å². The van der Waals surface area contributed by atoms with Gasteiger partial charge in [-0.05, 0) is 51.9 Å². The lowest BCUT2D eigenvalue weighted by Gasteiger charge is -2.31. The van der Waals surface area contributed by atoms with Crippen LogP contribution in [0.15, 0.2) is 28.8 Å². The van der Waals surface area contributed by atoms with E-state index in [1.165, 1.54) is 16.9 Å². The van der Waals surface area contributed by atoms with Crippen LogP contribution in [0.3, 0.4) is 0 Å². The van der Waals surface area contributed by atoms with Crippen LogP contribution >= 0.6 is 0 Å². The zero-order valence-electron chi connectivity index (χ0n) is 14.6. The highest BCUT2D eigenvalue weighted by Gasteiger charge is 2.25. The van der Waals surface area contributed by atoms with Gasteiger partial charge in [-0.2, -0.15) is 0 Å². The van der Waals surface area contributed by atoms with Crippen LogP contribution in [0.4, 0.5) is 0 Å². The minimum atomic E-state index is 0.545. The van der Waals surface area contributed by atoms with Crippen molar-refractivity contribution in [3.05, 3.63) is 47.1 Å². The van der Waals surface area contributed by atoms with Gasteiger partial charge in [0.1, 0.15) is 11.6 Å². The lowest BCUT2D eigenvalue weighted by Crippen LogP contribution is -2.33. The number of benzene rings is 1. The average Bonchev–Trinajstić information content (AvgIpc) is 3.10. The fourth-order valence-electron chi connectivity index (χ4n) is 3.83. The lowest BCUT2D eigenvalue weighted by atomic mass is 9.95. The Labute approximate surface area is 142 Å². The normalized spacial score (nSPS) is 17.0. The van der Waals surface area contributed by atoms with Crippen molar-refractivity contribution in [2.75, 3.05) is 13.1 Å². The minimum Gasteiger partial charge on any atom is -0.361 e. The lowest BCUT2D eigenvalue weighted by molar-refractivity contribution is 0.199. The van der Waals surface area contributed by atoms with Gasteiger partial charge in [-0.3, -0.25) is 4.90 Å². The number of rotatable bonds is 3. The van der Waals surface area contributed by atoms with E-state index in [9.17, 15) is 0 Å². The number of hydrogen-bond donors (Lipinski definition) is 0. The molecule has 4 rings (SSSR count). The summed E-state index contributed by atoms with van der Waals surface area (Å²) in [5.41, 5.74) is 4.60. The number of fused-ring (bicyclic) bond motifs is 1. The van der Waals surface area contributed by atoms with E-state index in [2.05, 4.69) is 45.9 Å². The molecule has 0 atom stereocenters. The molecule has 5 nitrogen and oxygen atoms in total. The summed E-state index contributed by atoms with van der Waals surface area (Å²) >= 11 is 0. The van der Waals surface area contributed by atoms with Crippen LogP contribution in [-0.4, -0.2) is 32.7 Å². The zero-order valence-corrected chi connectivity index (χ0v) is 14.6. The SMILES string of the molecule is Cc1noc(C)c1CN1CCC(c2nc3ccccc3n2C)CC1. The number of piperidine rings is 1. The average molecular weight is 324 g/mol. The molecule has 5 heteroatoms. The molecule has 1 saturated heterocycles. The second-order valence-corrected chi connectivity index (χ2v) is 6.87. The predicted molar refractivity (Wildman–Crippen MR) is 93.9 cm³/mol. The molecule has 1 fully saturated rings. The highest BCUT2D eigenvalue weighted by Crippen LogP contribution is 2.30. The van der Waals surface area contributed by atoms with Crippen LogP contribution in [0.2, 0.25) is 0 Å². The largest absolute Gasteiger partial charge is 0.361 e. The summed E-state index contributed by atoms with van der Waals surface area (Å²) in [5, 5.41) is 4.07. The molecule has 2 aromatic heterocycles. The molecular weight excluding hydrogens is 300 g/mol. The van der Waals surface area contributed by atoms with E-state index in [0.717, 1.165) is 49.4 Å².